The normalized spacial score (nSPS) is 18.0. The highest BCUT2D eigenvalue weighted by Gasteiger charge is 2.26. The zero-order valence-corrected chi connectivity index (χ0v) is 24.1. The first kappa shape index (κ1) is 26.0. The van der Waals surface area contributed by atoms with Crippen LogP contribution in [0.1, 0.15) is 35.9 Å². The number of piperidine rings is 1. The minimum atomic E-state index is -0.0797. The number of benzene rings is 2. The molecule has 1 N–H and O–H groups in total. The van der Waals surface area contributed by atoms with Gasteiger partial charge in [-0.1, -0.05) is 30.3 Å². The second-order valence-corrected chi connectivity index (χ2v) is 12.2. The molecule has 0 spiro atoms. The Labute approximate surface area is 243 Å². The molecule has 2 aliphatic heterocycles. The molecular weight excluding hydrogens is 530 g/mol. The predicted molar refractivity (Wildman–Crippen MR) is 165 cm³/mol. The number of nitrogens with zero attached hydrogens (tertiary/aromatic N) is 6. The van der Waals surface area contributed by atoms with Gasteiger partial charge in [0.25, 0.3) is 5.56 Å². The summed E-state index contributed by atoms with van der Waals surface area (Å²) in [6.45, 7) is 2.29. The highest BCUT2D eigenvalue weighted by molar-refractivity contribution is 7.99. The molecule has 0 amide bonds. The second-order valence-electron chi connectivity index (χ2n) is 11.2. The first-order valence-electron chi connectivity index (χ1n) is 14.2. The second kappa shape index (κ2) is 10.8. The van der Waals surface area contributed by atoms with Crippen molar-refractivity contribution < 1.29 is 0 Å². The maximum absolute atomic E-state index is 14.1. The molecule has 5 aromatic rings. The highest BCUT2D eigenvalue weighted by Crippen LogP contribution is 2.36. The summed E-state index contributed by atoms with van der Waals surface area (Å²) >= 11 is 1.79. The molecule has 208 valence electrons. The number of anilines is 2. The van der Waals surface area contributed by atoms with Crippen molar-refractivity contribution in [3.8, 4) is 11.4 Å². The van der Waals surface area contributed by atoms with Gasteiger partial charge in [-0.2, -0.15) is 4.98 Å². The van der Waals surface area contributed by atoms with Crippen molar-refractivity contribution in [3.63, 3.8) is 0 Å². The third-order valence-electron chi connectivity index (χ3n) is 8.42. The fraction of sp³-hybridized carbons (Fsp3) is 0.312. The Morgan fingerprint density at radius 3 is 2.59 bits per heavy atom. The number of thioether (sulfide) groups is 1. The number of hydrogen-bond acceptors (Lipinski definition) is 7. The average molecular weight is 564 g/mol. The van der Waals surface area contributed by atoms with Crippen molar-refractivity contribution in [3.05, 3.63) is 94.7 Å². The summed E-state index contributed by atoms with van der Waals surface area (Å²) < 4.78 is 3.75. The van der Waals surface area contributed by atoms with Gasteiger partial charge in [-0.15, -0.1) is 11.8 Å². The number of hydrogen-bond donors (Lipinski definition) is 1. The zero-order chi connectivity index (χ0) is 27.9. The maximum atomic E-state index is 14.1. The quantitative estimate of drug-likeness (QED) is 0.297. The van der Waals surface area contributed by atoms with Crippen LogP contribution >= 0.6 is 11.8 Å². The maximum Gasteiger partial charge on any atom is 0.263 e. The van der Waals surface area contributed by atoms with E-state index in [0.717, 1.165) is 36.3 Å². The first-order chi connectivity index (χ1) is 20.0. The molecule has 0 saturated carbocycles. The Hall–Kier alpha value is -3.95. The summed E-state index contributed by atoms with van der Waals surface area (Å²) in [5.41, 5.74) is 4.69. The van der Waals surface area contributed by atoms with Gasteiger partial charge in [0.15, 0.2) is 0 Å². The van der Waals surface area contributed by atoms with Crippen LogP contribution in [0.4, 0.5) is 11.6 Å². The van der Waals surface area contributed by atoms with Gasteiger partial charge in [0.05, 0.1) is 11.6 Å². The monoisotopic (exact) mass is 563 g/mol. The van der Waals surface area contributed by atoms with Crippen molar-refractivity contribution >= 4 is 34.4 Å². The molecule has 8 nitrogen and oxygen atoms in total. The molecule has 0 radical (unpaired) electrons. The number of fused-ring (bicyclic) bond motifs is 2. The van der Waals surface area contributed by atoms with Crippen molar-refractivity contribution in [1.29, 1.82) is 0 Å². The summed E-state index contributed by atoms with van der Waals surface area (Å²) in [5.74, 6) is 2.52. The van der Waals surface area contributed by atoms with Gasteiger partial charge in [-0.3, -0.25) is 9.36 Å². The van der Waals surface area contributed by atoms with Crippen LogP contribution in [0.2, 0.25) is 0 Å². The van der Waals surface area contributed by atoms with E-state index in [9.17, 15) is 4.79 Å². The van der Waals surface area contributed by atoms with E-state index in [1.807, 2.05) is 34.6 Å². The smallest absolute Gasteiger partial charge is 0.263 e. The first-order valence-corrected chi connectivity index (χ1v) is 15.2. The molecule has 2 aromatic carbocycles. The summed E-state index contributed by atoms with van der Waals surface area (Å²) in [6.07, 6.45) is 8.55. The summed E-state index contributed by atoms with van der Waals surface area (Å²) in [4.78, 5) is 31.9. The number of rotatable bonds is 5. The van der Waals surface area contributed by atoms with Crippen LogP contribution < -0.4 is 10.9 Å². The van der Waals surface area contributed by atoms with Gasteiger partial charge in [0.1, 0.15) is 11.5 Å². The number of aromatic nitrogens is 5. The fourth-order valence-electron chi connectivity index (χ4n) is 6.09. The third kappa shape index (κ3) is 5.04. The lowest BCUT2D eigenvalue weighted by Gasteiger charge is -2.29. The minimum Gasteiger partial charge on any atom is -0.334 e. The Morgan fingerprint density at radius 1 is 1.00 bits per heavy atom. The molecule has 0 bridgehead atoms. The lowest BCUT2D eigenvalue weighted by Crippen LogP contribution is -2.31. The molecule has 1 unspecified atom stereocenters. The van der Waals surface area contributed by atoms with E-state index >= 15 is 0 Å². The van der Waals surface area contributed by atoms with Gasteiger partial charge in [0.2, 0.25) is 5.95 Å². The molecular formula is C32H33N7OS. The number of imidazole rings is 1. The summed E-state index contributed by atoms with van der Waals surface area (Å²) in [7, 11) is 4.10. The topological polar surface area (TPSA) is 80.9 Å². The third-order valence-corrected chi connectivity index (χ3v) is 9.68. The Morgan fingerprint density at radius 2 is 1.80 bits per heavy atom. The van der Waals surface area contributed by atoms with Crippen LogP contribution in [0.5, 0.6) is 0 Å². The summed E-state index contributed by atoms with van der Waals surface area (Å²) in [6, 6.07) is 18.9. The standard InChI is InChI=1S/C32H33N7OS/c1-37-14-11-22(12-15-37)21-7-9-25(10-8-21)35-32-34-19-24-18-27(30-33-13-16-38(30)2)31(40)39(29(24)36-32)26-17-23-5-3-4-6-28(23)41-20-26/h3-10,13,16,18-19,22,26H,11-12,14-15,17,20H2,1-2H3,(H,34,35,36). The number of aryl methyl sites for hydroxylation is 1. The molecule has 1 saturated heterocycles. The SMILES string of the molecule is CN1CCC(c2ccc(Nc3ncc4cc(-c5nccn5C)c(=O)n(C5CSc6ccccc6C5)c4n3)cc2)CC1. The van der Waals surface area contributed by atoms with Crippen LogP contribution in [-0.2, 0) is 13.5 Å². The van der Waals surface area contributed by atoms with Crippen LogP contribution in [0.15, 0.2) is 82.9 Å². The van der Waals surface area contributed by atoms with Gasteiger partial charge >= 0.3 is 0 Å². The number of likely N-dealkylation sites (tertiary alicyclic amines) is 1. The molecule has 1 atom stereocenters. The lowest BCUT2D eigenvalue weighted by molar-refractivity contribution is 0.255. The highest BCUT2D eigenvalue weighted by atomic mass is 32.2. The number of nitrogens with one attached hydrogen (secondary N) is 1. The van der Waals surface area contributed by atoms with E-state index in [1.165, 1.54) is 28.9 Å². The van der Waals surface area contributed by atoms with Gasteiger partial charge in [0, 0.05) is 47.4 Å². The number of pyridine rings is 1. The summed E-state index contributed by atoms with van der Waals surface area (Å²) in [5, 5.41) is 4.20. The van der Waals surface area contributed by atoms with Crippen molar-refractivity contribution in [2.75, 3.05) is 31.2 Å². The van der Waals surface area contributed by atoms with Gasteiger partial charge < -0.3 is 14.8 Å². The van der Waals surface area contributed by atoms with E-state index in [1.54, 1.807) is 18.0 Å². The predicted octanol–water partition coefficient (Wildman–Crippen LogP) is 5.63. The molecule has 2 aliphatic rings. The van der Waals surface area contributed by atoms with Crippen LogP contribution in [0, 0.1) is 0 Å². The molecule has 9 heteroatoms. The van der Waals surface area contributed by atoms with E-state index < -0.39 is 0 Å². The van der Waals surface area contributed by atoms with Crippen molar-refractivity contribution in [1.82, 2.24) is 29.0 Å². The average Bonchev–Trinajstić information content (AvgIpc) is 3.43. The van der Waals surface area contributed by atoms with E-state index in [-0.39, 0.29) is 11.6 Å². The largest absolute Gasteiger partial charge is 0.334 e. The van der Waals surface area contributed by atoms with Crippen molar-refractivity contribution in [2.24, 2.45) is 7.05 Å². The molecule has 7 rings (SSSR count). The molecule has 1 fully saturated rings. The lowest BCUT2D eigenvalue weighted by atomic mass is 9.89. The van der Waals surface area contributed by atoms with E-state index in [2.05, 4.69) is 75.8 Å². The molecule has 3 aromatic heterocycles. The van der Waals surface area contributed by atoms with E-state index in [4.69, 9.17) is 4.98 Å². The molecule has 41 heavy (non-hydrogen) atoms. The van der Waals surface area contributed by atoms with E-state index in [0.29, 0.717) is 28.9 Å². The minimum absolute atomic E-state index is 0.0401. The fourth-order valence-corrected chi connectivity index (χ4v) is 7.24. The Bertz CT molecular complexity index is 1770. The molecule has 5 heterocycles. The molecule has 0 aliphatic carbocycles. The van der Waals surface area contributed by atoms with Crippen molar-refractivity contribution in [2.45, 2.75) is 36.1 Å². The van der Waals surface area contributed by atoms with Gasteiger partial charge in [-0.05, 0) is 80.7 Å². The zero-order valence-electron chi connectivity index (χ0n) is 23.3. The van der Waals surface area contributed by atoms with Crippen LogP contribution in [0.25, 0.3) is 22.4 Å². The Kier molecular flexibility index (Phi) is 6.84. The Balaban J connectivity index is 1.25. The van der Waals surface area contributed by atoms with Crippen LogP contribution in [-0.4, -0.2) is 54.9 Å². The van der Waals surface area contributed by atoms with Crippen LogP contribution in [0.3, 0.4) is 0 Å². The van der Waals surface area contributed by atoms with Gasteiger partial charge in [-0.25, -0.2) is 9.97 Å².